The van der Waals surface area contributed by atoms with Gasteiger partial charge in [-0.1, -0.05) is 12.1 Å². The summed E-state index contributed by atoms with van der Waals surface area (Å²) in [7, 11) is 1.57. The zero-order valence-corrected chi connectivity index (χ0v) is 17.2. The van der Waals surface area contributed by atoms with E-state index in [2.05, 4.69) is 25.7 Å². The van der Waals surface area contributed by atoms with Gasteiger partial charge in [0.05, 0.1) is 18.5 Å². The van der Waals surface area contributed by atoms with Crippen LogP contribution in [0.1, 0.15) is 28.9 Å². The number of hydrogen-bond donors (Lipinski definition) is 3. The number of anilines is 1. The number of H-pyrrole nitrogens is 1. The van der Waals surface area contributed by atoms with E-state index in [1.807, 2.05) is 0 Å². The van der Waals surface area contributed by atoms with Gasteiger partial charge in [0, 0.05) is 18.2 Å². The Bertz CT molecular complexity index is 1200. The van der Waals surface area contributed by atoms with Crippen molar-refractivity contribution in [3.05, 3.63) is 63.2 Å². The molecule has 0 aliphatic heterocycles. The molecular formula is C21H22N6O4. The average Bonchev–Trinajstić information content (AvgIpc) is 3.38. The lowest BCUT2D eigenvalue weighted by Crippen LogP contribution is -2.35. The largest absolute Gasteiger partial charge is 0.497 e. The molecule has 0 bridgehead atoms. The van der Waals surface area contributed by atoms with Crippen molar-refractivity contribution in [2.24, 2.45) is 0 Å². The first-order chi connectivity index (χ1) is 14.9. The summed E-state index contributed by atoms with van der Waals surface area (Å²) in [6.07, 6.45) is 2.31. The quantitative estimate of drug-likeness (QED) is 0.526. The highest BCUT2D eigenvalue weighted by molar-refractivity contribution is 6.39. The van der Waals surface area contributed by atoms with Crippen molar-refractivity contribution in [3.63, 3.8) is 0 Å². The van der Waals surface area contributed by atoms with Crippen molar-refractivity contribution >= 4 is 17.6 Å². The van der Waals surface area contributed by atoms with Crippen molar-refractivity contribution in [3.8, 4) is 11.7 Å². The van der Waals surface area contributed by atoms with Crippen molar-refractivity contribution in [1.82, 2.24) is 25.1 Å². The Morgan fingerprint density at radius 2 is 1.97 bits per heavy atom. The molecule has 0 radical (unpaired) electrons. The number of aromatic amines is 1. The molecule has 2 aromatic heterocycles. The van der Waals surface area contributed by atoms with Crippen LogP contribution in [0.3, 0.4) is 0 Å². The highest BCUT2D eigenvalue weighted by Crippen LogP contribution is 2.19. The number of nitrogens with one attached hydrogen (secondary N) is 3. The fourth-order valence-electron chi connectivity index (χ4n) is 3.46. The molecule has 3 aromatic rings. The Morgan fingerprint density at radius 1 is 1.19 bits per heavy atom. The smallest absolute Gasteiger partial charge is 0.314 e. The van der Waals surface area contributed by atoms with Crippen molar-refractivity contribution in [2.45, 2.75) is 32.7 Å². The molecule has 1 aromatic carbocycles. The molecule has 10 heteroatoms. The van der Waals surface area contributed by atoms with Crippen LogP contribution in [0.2, 0.25) is 0 Å². The Morgan fingerprint density at radius 3 is 2.71 bits per heavy atom. The van der Waals surface area contributed by atoms with Gasteiger partial charge in [-0.05, 0) is 43.9 Å². The molecule has 0 saturated carbocycles. The van der Waals surface area contributed by atoms with Gasteiger partial charge in [-0.15, -0.1) is 0 Å². The maximum absolute atomic E-state index is 12.4. The van der Waals surface area contributed by atoms with E-state index in [1.54, 1.807) is 44.4 Å². The molecule has 1 aliphatic rings. The predicted molar refractivity (Wildman–Crippen MR) is 112 cm³/mol. The van der Waals surface area contributed by atoms with Crippen LogP contribution in [0.15, 0.2) is 35.1 Å². The zero-order chi connectivity index (χ0) is 22.0. The molecule has 31 heavy (non-hydrogen) atoms. The summed E-state index contributed by atoms with van der Waals surface area (Å²) in [5.74, 6) is -0.500. The second kappa shape index (κ2) is 8.42. The lowest BCUT2D eigenvalue weighted by molar-refractivity contribution is -0.136. The van der Waals surface area contributed by atoms with E-state index in [9.17, 15) is 14.4 Å². The molecule has 1 aliphatic carbocycles. The number of carbonyl (C=O) groups is 2. The Labute approximate surface area is 177 Å². The fourth-order valence-corrected chi connectivity index (χ4v) is 3.46. The summed E-state index contributed by atoms with van der Waals surface area (Å²) in [6.45, 7) is 1.93. The van der Waals surface area contributed by atoms with Crippen LogP contribution < -0.4 is 20.9 Å². The minimum Gasteiger partial charge on any atom is -0.497 e. The summed E-state index contributed by atoms with van der Waals surface area (Å²) < 4.78 is 6.42. The molecule has 4 rings (SSSR count). The van der Waals surface area contributed by atoms with Gasteiger partial charge in [-0.2, -0.15) is 9.78 Å². The summed E-state index contributed by atoms with van der Waals surface area (Å²) >= 11 is 0. The molecule has 160 valence electrons. The van der Waals surface area contributed by atoms with E-state index in [0.717, 1.165) is 24.1 Å². The Hall–Kier alpha value is -3.95. The minimum atomic E-state index is -0.849. The van der Waals surface area contributed by atoms with E-state index in [1.165, 1.54) is 4.68 Å². The first-order valence-corrected chi connectivity index (χ1v) is 9.86. The van der Waals surface area contributed by atoms with Crippen LogP contribution in [0.4, 0.5) is 5.82 Å². The lowest BCUT2D eigenvalue weighted by atomic mass is 10.2. The number of benzene rings is 1. The van der Waals surface area contributed by atoms with E-state index in [4.69, 9.17) is 4.74 Å². The second-order valence-corrected chi connectivity index (χ2v) is 7.24. The number of aryl methyl sites for hydroxylation is 2. The molecular weight excluding hydrogens is 400 g/mol. The molecule has 0 saturated heterocycles. The minimum absolute atomic E-state index is 0.189. The molecule has 0 unspecified atom stereocenters. The number of ether oxygens (including phenoxy) is 1. The number of nitrogens with zero attached hydrogens (tertiary/aromatic N) is 3. The maximum atomic E-state index is 12.4. The standard InChI is InChI=1S/C21H22N6O4/c1-12-10-17(27(26-12)21-23-16-5-3-4-15(16)18(28)25-21)24-20(30)19(29)22-11-13-6-8-14(31-2)9-7-13/h6-10H,3-5,11H2,1-2H3,(H,22,29)(H,24,30)(H,23,25,28). The molecule has 10 nitrogen and oxygen atoms in total. The summed E-state index contributed by atoms with van der Waals surface area (Å²) in [5.41, 5.74) is 2.64. The third kappa shape index (κ3) is 4.32. The lowest BCUT2D eigenvalue weighted by Gasteiger charge is -2.10. The molecule has 2 heterocycles. The predicted octanol–water partition coefficient (Wildman–Crippen LogP) is 1.02. The summed E-state index contributed by atoms with van der Waals surface area (Å²) in [5, 5.41) is 9.40. The average molecular weight is 422 g/mol. The number of carbonyl (C=O) groups excluding carboxylic acids is 2. The zero-order valence-electron chi connectivity index (χ0n) is 17.2. The van der Waals surface area contributed by atoms with Crippen molar-refractivity contribution < 1.29 is 14.3 Å². The van der Waals surface area contributed by atoms with Crippen molar-refractivity contribution in [1.29, 1.82) is 0 Å². The number of fused-ring (bicyclic) bond motifs is 1. The third-order valence-electron chi connectivity index (χ3n) is 5.02. The molecule has 2 amide bonds. The number of hydrogen-bond acceptors (Lipinski definition) is 6. The number of methoxy groups -OCH3 is 1. The normalized spacial score (nSPS) is 12.3. The van der Waals surface area contributed by atoms with Gasteiger partial charge in [0.25, 0.3) is 5.56 Å². The highest BCUT2D eigenvalue weighted by Gasteiger charge is 2.21. The van der Waals surface area contributed by atoms with Crippen LogP contribution in [0.25, 0.3) is 5.95 Å². The van der Waals surface area contributed by atoms with Crippen molar-refractivity contribution in [2.75, 3.05) is 12.4 Å². The van der Waals surface area contributed by atoms with Gasteiger partial charge in [0.15, 0.2) is 0 Å². The third-order valence-corrected chi connectivity index (χ3v) is 5.02. The Kier molecular flexibility index (Phi) is 5.52. The van der Waals surface area contributed by atoms with Gasteiger partial charge in [-0.3, -0.25) is 19.4 Å². The van der Waals surface area contributed by atoms with Crippen LogP contribution in [0.5, 0.6) is 5.75 Å². The van der Waals surface area contributed by atoms with E-state index in [0.29, 0.717) is 23.4 Å². The SMILES string of the molecule is COc1ccc(CNC(=O)C(=O)Nc2cc(C)nn2-c2nc3c(c(=O)[nH]2)CCC3)cc1. The summed E-state index contributed by atoms with van der Waals surface area (Å²) in [4.78, 5) is 44.2. The van der Waals surface area contributed by atoms with Gasteiger partial charge in [0.2, 0.25) is 5.95 Å². The van der Waals surface area contributed by atoms with E-state index in [-0.39, 0.29) is 23.9 Å². The van der Waals surface area contributed by atoms with Gasteiger partial charge < -0.3 is 15.4 Å². The molecule has 0 atom stereocenters. The van der Waals surface area contributed by atoms with Crippen LogP contribution in [0, 0.1) is 6.92 Å². The topological polar surface area (TPSA) is 131 Å². The monoisotopic (exact) mass is 422 g/mol. The fraction of sp³-hybridized carbons (Fsp3) is 0.286. The molecule has 0 spiro atoms. The Balaban J connectivity index is 1.47. The number of rotatable bonds is 5. The van der Waals surface area contributed by atoms with E-state index < -0.39 is 11.8 Å². The second-order valence-electron chi connectivity index (χ2n) is 7.24. The van der Waals surface area contributed by atoms with Crippen LogP contribution in [-0.4, -0.2) is 38.7 Å². The number of amides is 2. The molecule has 3 N–H and O–H groups in total. The highest BCUT2D eigenvalue weighted by atomic mass is 16.5. The van der Waals surface area contributed by atoms with Gasteiger partial charge in [0.1, 0.15) is 11.6 Å². The van der Waals surface area contributed by atoms with Gasteiger partial charge in [-0.25, -0.2) is 4.98 Å². The summed E-state index contributed by atoms with van der Waals surface area (Å²) in [6, 6.07) is 8.74. The molecule has 0 fully saturated rings. The first kappa shape index (κ1) is 20.3. The first-order valence-electron chi connectivity index (χ1n) is 9.86. The van der Waals surface area contributed by atoms with Gasteiger partial charge >= 0.3 is 11.8 Å². The number of aromatic nitrogens is 4. The maximum Gasteiger partial charge on any atom is 0.314 e. The van der Waals surface area contributed by atoms with E-state index >= 15 is 0 Å². The van der Waals surface area contributed by atoms with Crippen LogP contribution in [-0.2, 0) is 29.0 Å². The van der Waals surface area contributed by atoms with Crippen LogP contribution >= 0.6 is 0 Å².